The summed E-state index contributed by atoms with van der Waals surface area (Å²) in [6, 6.07) is 1.21. The molecular weight excluding hydrogens is 327 g/mol. The van der Waals surface area contributed by atoms with Gasteiger partial charge in [0.1, 0.15) is 5.82 Å². The van der Waals surface area contributed by atoms with E-state index in [1.165, 1.54) is 6.92 Å². The first-order chi connectivity index (χ1) is 10.6. The average Bonchev–Trinajstić information content (AvgIpc) is 2.89. The second-order valence-electron chi connectivity index (χ2n) is 5.61. The molecule has 0 bridgehead atoms. The summed E-state index contributed by atoms with van der Waals surface area (Å²) in [7, 11) is -4.09. The van der Waals surface area contributed by atoms with Crippen LogP contribution in [0.4, 0.5) is 4.39 Å². The summed E-state index contributed by atoms with van der Waals surface area (Å²) in [6.07, 6.45) is 1.19. The SMILES string of the molecule is Cc1c(F)cc(S(=O)(=O)N[C@@H]2CC[C@H](C(N)=O)C2)cc1C(=O)O. The largest absolute Gasteiger partial charge is 0.478 e. The Morgan fingerprint density at radius 1 is 1.35 bits per heavy atom. The van der Waals surface area contributed by atoms with Crippen LogP contribution in [0.1, 0.15) is 35.2 Å². The Morgan fingerprint density at radius 3 is 2.52 bits per heavy atom. The van der Waals surface area contributed by atoms with Gasteiger partial charge in [-0.25, -0.2) is 22.3 Å². The molecule has 9 heteroatoms. The van der Waals surface area contributed by atoms with Crippen LogP contribution in [0.15, 0.2) is 17.0 Å². The van der Waals surface area contributed by atoms with Crippen LogP contribution in [0.3, 0.4) is 0 Å². The number of carbonyl (C=O) groups is 2. The number of aromatic carboxylic acids is 1. The highest BCUT2D eigenvalue weighted by Gasteiger charge is 2.32. The minimum atomic E-state index is -4.09. The first-order valence-electron chi connectivity index (χ1n) is 6.97. The van der Waals surface area contributed by atoms with Crippen LogP contribution >= 0.6 is 0 Å². The summed E-state index contributed by atoms with van der Waals surface area (Å²) in [5.41, 5.74) is 4.65. The van der Waals surface area contributed by atoms with Gasteiger partial charge in [0.25, 0.3) is 0 Å². The Bertz CT molecular complexity index is 763. The Balaban J connectivity index is 2.27. The van der Waals surface area contributed by atoms with Crippen molar-refractivity contribution in [1.82, 2.24) is 4.72 Å². The second-order valence-corrected chi connectivity index (χ2v) is 7.33. The van der Waals surface area contributed by atoms with Crippen molar-refractivity contribution < 1.29 is 27.5 Å². The van der Waals surface area contributed by atoms with Crippen molar-refractivity contribution in [2.45, 2.75) is 37.1 Å². The zero-order chi connectivity index (χ0) is 17.4. The van der Waals surface area contributed by atoms with E-state index in [2.05, 4.69) is 4.72 Å². The summed E-state index contributed by atoms with van der Waals surface area (Å²) in [4.78, 5) is 21.7. The van der Waals surface area contributed by atoms with E-state index in [0.29, 0.717) is 12.8 Å². The van der Waals surface area contributed by atoms with Gasteiger partial charge in [-0.2, -0.15) is 0 Å². The Morgan fingerprint density at radius 2 is 2.00 bits per heavy atom. The van der Waals surface area contributed by atoms with Gasteiger partial charge in [0.2, 0.25) is 15.9 Å². The summed E-state index contributed by atoms with van der Waals surface area (Å²) in [6.45, 7) is 1.26. The lowest BCUT2D eigenvalue weighted by atomic mass is 10.1. The van der Waals surface area contributed by atoms with Crippen LogP contribution in [0.5, 0.6) is 0 Å². The molecule has 0 aromatic heterocycles. The molecule has 1 amide bonds. The number of hydrogen-bond acceptors (Lipinski definition) is 4. The molecule has 23 heavy (non-hydrogen) atoms. The van der Waals surface area contributed by atoms with Gasteiger partial charge in [-0.05, 0) is 43.9 Å². The number of carbonyl (C=O) groups excluding carboxylic acids is 1. The number of halogens is 1. The van der Waals surface area contributed by atoms with Gasteiger partial charge in [-0.15, -0.1) is 0 Å². The maximum absolute atomic E-state index is 13.8. The second kappa shape index (κ2) is 6.25. The lowest BCUT2D eigenvalue weighted by molar-refractivity contribution is -0.121. The van der Waals surface area contributed by atoms with Crippen LogP contribution in [0.25, 0.3) is 0 Å². The van der Waals surface area contributed by atoms with E-state index in [0.717, 1.165) is 12.1 Å². The average molecular weight is 344 g/mol. The molecule has 1 aliphatic carbocycles. The molecule has 1 aromatic rings. The van der Waals surface area contributed by atoms with E-state index in [1.807, 2.05) is 0 Å². The monoisotopic (exact) mass is 344 g/mol. The number of benzene rings is 1. The number of sulfonamides is 1. The van der Waals surface area contributed by atoms with E-state index >= 15 is 0 Å². The smallest absolute Gasteiger partial charge is 0.336 e. The summed E-state index contributed by atoms with van der Waals surface area (Å²) in [5, 5.41) is 9.03. The van der Waals surface area contributed by atoms with Crippen LogP contribution in [0, 0.1) is 18.7 Å². The van der Waals surface area contributed by atoms with Crippen molar-refractivity contribution in [2.75, 3.05) is 0 Å². The number of hydrogen-bond donors (Lipinski definition) is 3. The number of primary amides is 1. The summed E-state index contributed by atoms with van der Waals surface area (Å²) < 4.78 is 40.8. The predicted octanol–water partition coefficient (Wildman–Crippen LogP) is 0.765. The van der Waals surface area contributed by atoms with Crippen LogP contribution in [-0.2, 0) is 14.8 Å². The molecule has 7 nitrogen and oxygen atoms in total. The molecule has 0 saturated heterocycles. The van der Waals surface area contributed by atoms with Crippen molar-refractivity contribution >= 4 is 21.9 Å². The maximum atomic E-state index is 13.8. The molecule has 2 atom stereocenters. The first-order valence-corrected chi connectivity index (χ1v) is 8.45. The number of amides is 1. The summed E-state index contributed by atoms with van der Waals surface area (Å²) in [5.74, 6) is -3.20. The highest BCUT2D eigenvalue weighted by atomic mass is 32.2. The van der Waals surface area contributed by atoms with Gasteiger partial charge < -0.3 is 10.8 Å². The lowest BCUT2D eigenvalue weighted by Gasteiger charge is -2.14. The molecule has 126 valence electrons. The highest BCUT2D eigenvalue weighted by molar-refractivity contribution is 7.89. The minimum Gasteiger partial charge on any atom is -0.478 e. The highest BCUT2D eigenvalue weighted by Crippen LogP contribution is 2.27. The molecule has 0 heterocycles. The van der Waals surface area contributed by atoms with Crippen molar-refractivity contribution in [3.63, 3.8) is 0 Å². The standard InChI is InChI=1S/C14H17FN2O5S/c1-7-11(14(19)20)5-10(6-12(7)15)23(21,22)17-9-3-2-8(4-9)13(16)18/h5-6,8-9,17H,2-4H2,1H3,(H2,16,18)(H,19,20)/t8-,9+/m0/s1. The molecule has 0 spiro atoms. The number of carboxylic acids is 1. The normalized spacial score (nSPS) is 21.3. The van der Waals surface area contributed by atoms with Crippen LogP contribution in [-0.4, -0.2) is 31.4 Å². The summed E-state index contributed by atoms with van der Waals surface area (Å²) >= 11 is 0. The molecule has 2 rings (SSSR count). The Labute approximate surface area is 132 Å². The molecule has 0 radical (unpaired) electrons. The van der Waals surface area contributed by atoms with Crippen molar-refractivity contribution in [1.29, 1.82) is 0 Å². The number of rotatable bonds is 5. The topological polar surface area (TPSA) is 127 Å². The lowest BCUT2D eigenvalue weighted by Crippen LogP contribution is -2.34. The zero-order valence-corrected chi connectivity index (χ0v) is 13.2. The third-order valence-electron chi connectivity index (χ3n) is 4.02. The fourth-order valence-corrected chi connectivity index (χ4v) is 3.99. The number of nitrogens with one attached hydrogen (secondary N) is 1. The molecule has 1 aliphatic rings. The van der Waals surface area contributed by atoms with E-state index in [9.17, 15) is 22.4 Å². The quantitative estimate of drug-likeness (QED) is 0.727. The van der Waals surface area contributed by atoms with Gasteiger partial charge in [0.15, 0.2) is 0 Å². The fourth-order valence-electron chi connectivity index (χ4n) is 2.67. The number of carboxylic acid groups (broad SMARTS) is 1. The molecule has 0 aliphatic heterocycles. The molecule has 4 N–H and O–H groups in total. The van der Waals surface area contributed by atoms with Gasteiger partial charge in [-0.3, -0.25) is 4.79 Å². The van der Waals surface area contributed by atoms with Crippen LogP contribution < -0.4 is 10.5 Å². The van der Waals surface area contributed by atoms with E-state index in [4.69, 9.17) is 10.8 Å². The molecule has 1 saturated carbocycles. The zero-order valence-electron chi connectivity index (χ0n) is 12.4. The van der Waals surface area contributed by atoms with E-state index in [1.54, 1.807) is 0 Å². The van der Waals surface area contributed by atoms with Crippen molar-refractivity contribution in [2.24, 2.45) is 11.7 Å². The van der Waals surface area contributed by atoms with Gasteiger partial charge in [0, 0.05) is 12.0 Å². The van der Waals surface area contributed by atoms with E-state index in [-0.39, 0.29) is 12.0 Å². The Kier molecular flexibility index (Phi) is 4.71. The molecule has 1 fully saturated rings. The first kappa shape index (κ1) is 17.4. The maximum Gasteiger partial charge on any atom is 0.336 e. The van der Waals surface area contributed by atoms with Gasteiger partial charge in [0.05, 0.1) is 10.5 Å². The van der Waals surface area contributed by atoms with Crippen molar-refractivity contribution in [3.8, 4) is 0 Å². The van der Waals surface area contributed by atoms with Gasteiger partial charge in [-0.1, -0.05) is 0 Å². The predicted molar refractivity (Wildman–Crippen MR) is 78.7 cm³/mol. The van der Waals surface area contributed by atoms with Crippen molar-refractivity contribution in [3.05, 3.63) is 29.1 Å². The third kappa shape index (κ3) is 3.67. The minimum absolute atomic E-state index is 0.133. The van der Waals surface area contributed by atoms with Crippen LogP contribution in [0.2, 0.25) is 0 Å². The third-order valence-corrected chi connectivity index (χ3v) is 5.52. The number of nitrogens with two attached hydrogens (primary N) is 1. The van der Waals surface area contributed by atoms with E-state index < -0.39 is 50.1 Å². The molecule has 1 aromatic carbocycles. The van der Waals surface area contributed by atoms with Gasteiger partial charge >= 0.3 is 5.97 Å². The fraction of sp³-hybridized carbons (Fsp3) is 0.429. The molecular formula is C14H17FN2O5S. The molecule has 0 unspecified atom stereocenters. The Hall–Kier alpha value is -2.00.